The number of hydrogen-bond acceptors (Lipinski definition) is 4. The lowest BCUT2D eigenvalue weighted by molar-refractivity contribution is -0.125. The minimum absolute atomic E-state index is 0.00974. The number of hydrogen-bond donors (Lipinski definition) is 1. The Kier molecular flexibility index (Phi) is 4.87. The van der Waals surface area contributed by atoms with E-state index in [1.54, 1.807) is 6.20 Å². The summed E-state index contributed by atoms with van der Waals surface area (Å²) < 4.78 is 1.85. The van der Waals surface area contributed by atoms with Gasteiger partial charge in [-0.3, -0.25) is 4.79 Å². The molecule has 1 aromatic carbocycles. The van der Waals surface area contributed by atoms with Gasteiger partial charge in [0, 0.05) is 37.6 Å². The molecule has 1 saturated carbocycles. The third-order valence-corrected chi connectivity index (χ3v) is 6.20. The third kappa shape index (κ3) is 3.81. The predicted molar refractivity (Wildman–Crippen MR) is 114 cm³/mol. The molecule has 7 heteroatoms. The molecule has 0 spiro atoms. The van der Waals surface area contributed by atoms with Crippen LogP contribution in [0.1, 0.15) is 25.7 Å². The summed E-state index contributed by atoms with van der Waals surface area (Å²) >= 11 is 6.37. The normalized spacial score (nSPS) is 19.5. The van der Waals surface area contributed by atoms with E-state index in [9.17, 15) is 4.79 Å². The maximum Gasteiger partial charge on any atom is 0.224 e. The maximum atomic E-state index is 12.6. The molecular formula is C22H24ClN5O. The van der Waals surface area contributed by atoms with Crippen LogP contribution < -0.4 is 10.2 Å². The van der Waals surface area contributed by atoms with E-state index in [0.29, 0.717) is 17.5 Å². The molecule has 3 aromatic rings. The highest BCUT2D eigenvalue weighted by Crippen LogP contribution is 2.31. The molecule has 5 rings (SSSR count). The Morgan fingerprint density at radius 2 is 2.10 bits per heavy atom. The number of halogens is 1. The fraction of sp³-hybridized carbons (Fsp3) is 0.409. The van der Waals surface area contributed by atoms with Crippen LogP contribution >= 0.6 is 11.6 Å². The Morgan fingerprint density at radius 3 is 2.93 bits per heavy atom. The number of anilines is 1. The molecule has 3 heterocycles. The van der Waals surface area contributed by atoms with Crippen LogP contribution in [-0.2, 0) is 4.79 Å². The molecule has 1 aliphatic carbocycles. The van der Waals surface area contributed by atoms with Gasteiger partial charge < -0.3 is 10.2 Å². The van der Waals surface area contributed by atoms with E-state index < -0.39 is 0 Å². The number of aromatic nitrogens is 3. The zero-order valence-electron chi connectivity index (χ0n) is 16.2. The van der Waals surface area contributed by atoms with Crippen LogP contribution in [0.3, 0.4) is 0 Å². The summed E-state index contributed by atoms with van der Waals surface area (Å²) in [5.74, 6) is 1.76. The minimum Gasteiger partial charge on any atom is -0.356 e. The summed E-state index contributed by atoms with van der Waals surface area (Å²) in [6.45, 7) is 2.41. The first kappa shape index (κ1) is 18.4. The SMILES string of the molecule is O=C(NCC1CC1)[C@@H]1CCCN(c2nccn3nc(-c4ccccc4Cl)cc23)C1. The second-order valence-electron chi connectivity index (χ2n) is 8.06. The van der Waals surface area contributed by atoms with Gasteiger partial charge in [0.2, 0.25) is 5.91 Å². The highest BCUT2D eigenvalue weighted by atomic mass is 35.5. The van der Waals surface area contributed by atoms with Gasteiger partial charge in [-0.2, -0.15) is 5.10 Å². The summed E-state index contributed by atoms with van der Waals surface area (Å²) in [6, 6.07) is 9.74. The van der Waals surface area contributed by atoms with Gasteiger partial charge in [-0.1, -0.05) is 29.8 Å². The van der Waals surface area contributed by atoms with Gasteiger partial charge in [-0.05, 0) is 43.7 Å². The van der Waals surface area contributed by atoms with Crippen LogP contribution in [0.15, 0.2) is 42.7 Å². The molecule has 6 nitrogen and oxygen atoms in total. The highest BCUT2D eigenvalue weighted by Gasteiger charge is 2.29. The van der Waals surface area contributed by atoms with E-state index in [2.05, 4.69) is 15.2 Å². The van der Waals surface area contributed by atoms with Gasteiger partial charge in [0.05, 0.1) is 16.6 Å². The van der Waals surface area contributed by atoms with Gasteiger partial charge in [0.1, 0.15) is 5.52 Å². The van der Waals surface area contributed by atoms with Crippen LogP contribution in [0.25, 0.3) is 16.8 Å². The first-order valence-corrected chi connectivity index (χ1v) is 10.7. The zero-order valence-corrected chi connectivity index (χ0v) is 17.0. The summed E-state index contributed by atoms with van der Waals surface area (Å²) in [5, 5.41) is 8.51. The molecule has 1 atom stereocenters. The first-order valence-electron chi connectivity index (χ1n) is 10.3. The smallest absolute Gasteiger partial charge is 0.224 e. The third-order valence-electron chi connectivity index (χ3n) is 5.87. The Bertz CT molecular complexity index is 1040. The number of rotatable bonds is 5. The van der Waals surface area contributed by atoms with E-state index >= 15 is 0 Å². The Labute approximate surface area is 174 Å². The second kappa shape index (κ2) is 7.67. The molecule has 29 heavy (non-hydrogen) atoms. The van der Waals surface area contributed by atoms with Gasteiger partial charge in [0.15, 0.2) is 5.82 Å². The average molecular weight is 410 g/mol. The van der Waals surface area contributed by atoms with E-state index in [0.717, 1.165) is 48.5 Å². The van der Waals surface area contributed by atoms with Crippen molar-refractivity contribution in [2.75, 3.05) is 24.5 Å². The molecule has 2 aromatic heterocycles. The summed E-state index contributed by atoms with van der Waals surface area (Å²) in [6.07, 6.45) is 8.03. The number of carbonyl (C=O) groups excluding carboxylic acids is 1. The minimum atomic E-state index is 0.00974. The van der Waals surface area contributed by atoms with Crippen LogP contribution in [0.5, 0.6) is 0 Å². The number of amides is 1. The topological polar surface area (TPSA) is 62.5 Å². The molecular weight excluding hydrogens is 386 g/mol. The molecule has 1 saturated heterocycles. The largest absolute Gasteiger partial charge is 0.356 e. The molecule has 0 bridgehead atoms. The van der Waals surface area contributed by atoms with E-state index in [1.807, 2.05) is 41.0 Å². The summed E-state index contributed by atoms with van der Waals surface area (Å²) in [5.41, 5.74) is 2.65. The lowest BCUT2D eigenvalue weighted by Crippen LogP contribution is -2.44. The van der Waals surface area contributed by atoms with E-state index in [-0.39, 0.29) is 11.8 Å². The number of piperidine rings is 1. The summed E-state index contributed by atoms with van der Waals surface area (Å²) in [4.78, 5) is 19.5. The standard InChI is InChI=1S/C22H24ClN5O/c23-18-6-2-1-5-17(18)19-12-20-21(24-9-11-28(20)26-19)27-10-3-4-16(14-27)22(29)25-13-15-7-8-15/h1-2,5-6,9,11-12,15-16H,3-4,7-8,10,13-14H2,(H,25,29)/t16-/m1/s1. The van der Waals surface area contributed by atoms with Gasteiger partial charge in [-0.25, -0.2) is 9.50 Å². The molecule has 1 N–H and O–H groups in total. The Balaban J connectivity index is 1.40. The van der Waals surface area contributed by atoms with Gasteiger partial charge >= 0.3 is 0 Å². The fourth-order valence-electron chi connectivity index (χ4n) is 4.05. The number of fused-ring (bicyclic) bond motifs is 1. The van der Waals surface area contributed by atoms with Crippen LogP contribution in [0, 0.1) is 11.8 Å². The Hall–Kier alpha value is -2.60. The van der Waals surface area contributed by atoms with Crippen molar-refractivity contribution in [3.63, 3.8) is 0 Å². The molecule has 1 amide bonds. The highest BCUT2D eigenvalue weighted by molar-refractivity contribution is 6.33. The summed E-state index contributed by atoms with van der Waals surface area (Å²) in [7, 11) is 0. The van der Waals surface area contributed by atoms with Crippen molar-refractivity contribution < 1.29 is 4.79 Å². The maximum absolute atomic E-state index is 12.6. The zero-order chi connectivity index (χ0) is 19.8. The number of nitrogens with zero attached hydrogens (tertiary/aromatic N) is 4. The Morgan fingerprint density at radius 1 is 1.24 bits per heavy atom. The van der Waals surface area contributed by atoms with Crippen molar-refractivity contribution in [3.8, 4) is 11.3 Å². The van der Waals surface area contributed by atoms with Crippen molar-refractivity contribution in [1.29, 1.82) is 0 Å². The van der Waals surface area contributed by atoms with Crippen LogP contribution in [0.4, 0.5) is 5.82 Å². The van der Waals surface area contributed by atoms with Crippen molar-refractivity contribution in [2.45, 2.75) is 25.7 Å². The molecule has 1 aliphatic heterocycles. The monoisotopic (exact) mass is 409 g/mol. The lowest BCUT2D eigenvalue weighted by Gasteiger charge is -2.33. The van der Waals surface area contributed by atoms with Crippen molar-refractivity contribution in [2.24, 2.45) is 11.8 Å². The lowest BCUT2D eigenvalue weighted by atomic mass is 9.97. The van der Waals surface area contributed by atoms with Crippen molar-refractivity contribution in [1.82, 2.24) is 19.9 Å². The van der Waals surface area contributed by atoms with E-state index in [1.165, 1.54) is 12.8 Å². The first-order chi connectivity index (χ1) is 14.2. The van der Waals surface area contributed by atoms with Gasteiger partial charge in [-0.15, -0.1) is 0 Å². The van der Waals surface area contributed by atoms with Crippen molar-refractivity contribution in [3.05, 3.63) is 47.7 Å². The van der Waals surface area contributed by atoms with Crippen LogP contribution in [0.2, 0.25) is 5.02 Å². The number of carbonyl (C=O) groups is 1. The van der Waals surface area contributed by atoms with Crippen LogP contribution in [-0.4, -0.2) is 40.1 Å². The molecule has 0 unspecified atom stereocenters. The average Bonchev–Trinajstić information content (AvgIpc) is 3.48. The number of nitrogens with one attached hydrogen (secondary N) is 1. The second-order valence-corrected chi connectivity index (χ2v) is 8.47. The number of benzene rings is 1. The fourth-order valence-corrected chi connectivity index (χ4v) is 4.28. The molecule has 0 radical (unpaired) electrons. The van der Waals surface area contributed by atoms with E-state index in [4.69, 9.17) is 16.7 Å². The molecule has 150 valence electrons. The quantitative estimate of drug-likeness (QED) is 0.696. The molecule has 2 fully saturated rings. The van der Waals surface area contributed by atoms with Gasteiger partial charge in [0.25, 0.3) is 0 Å². The molecule has 2 aliphatic rings. The van der Waals surface area contributed by atoms with Crippen molar-refractivity contribution >= 4 is 28.8 Å². The predicted octanol–water partition coefficient (Wildman–Crippen LogP) is 3.79.